The molecule has 7 heteroatoms. The number of hydrogen-bond donors (Lipinski definition) is 1. The van der Waals surface area contributed by atoms with Gasteiger partial charge in [-0.3, -0.25) is 4.79 Å². The molecule has 6 nitrogen and oxygen atoms in total. The molecule has 0 bridgehead atoms. The highest BCUT2D eigenvalue weighted by Gasteiger charge is 2.35. The summed E-state index contributed by atoms with van der Waals surface area (Å²) < 4.78 is 32.8. The van der Waals surface area contributed by atoms with Crippen LogP contribution in [0.3, 0.4) is 0 Å². The van der Waals surface area contributed by atoms with Gasteiger partial charge in [-0.1, -0.05) is 36.4 Å². The van der Waals surface area contributed by atoms with Gasteiger partial charge in [0.05, 0.1) is 5.69 Å². The van der Waals surface area contributed by atoms with Crippen molar-refractivity contribution in [3.05, 3.63) is 59.7 Å². The quantitative estimate of drug-likeness (QED) is 0.925. The van der Waals surface area contributed by atoms with Crippen LogP contribution in [0.25, 0.3) is 0 Å². The maximum Gasteiger partial charge on any atom is 0.326 e. The molecule has 1 aliphatic rings. The molecule has 0 radical (unpaired) electrons. The van der Waals surface area contributed by atoms with Crippen LogP contribution in [0.1, 0.15) is 11.1 Å². The van der Waals surface area contributed by atoms with E-state index in [1.54, 1.807) is 18.2 Å². The van der Waals surface area contributed by atoms with E-state index < -0.39 is 16.1 Å². The van der Waals surface area contributed by atoms with Crippen LogP contribution in [-0.2, 0) is 21.6 Å². The molecular weight excluding hydrogens is 316 g/mol. The molecular formula is C16H16N2O4S. The normalized spacial score (nSPS) is 16.2. The molecule has 3 rings (SSSR count). The fraction of sp³-hybridized carbons (Fsp3) is 0.188. The van der Waals surface area contributed by atoms with Crippen molar-refractivity contribution in [3.63, 3.8) is 0 Å². The van der Waals surface area contributed by atoms with Gasteiger partial charge in [0.15, 0.2) is 0 Å². The zero-order valence-corrected chi connectivity index (χ0v) is 13.3. The molecule has 1 N–H and O–H groups in total. The van der Waals surface area contributed by atoms with Gasteiger partial charge in [0.25, 0.3) is 5.91 Å². The smallest absolute Gasteiger partial charge is 0.326 e. The number of hydrogen-bond acceptors (Lipinski definition) is 4. The van der Waals surface area contributed by atoms with E-state index in [0.29, 0.717) is 18.0 Å². The molecule has 120 valence electrons. The first-order chi connectivity index (χ1) is 11.0. The SMILES string of the molecule is Cc1ccc(N2CC(=O)NS2(=O)=O)c(OCc2ccccc2)c1. The van der Waals surface area contributed by atoms with E-state index in [-0.39, 0.29) is 6.54 Å². The average Bonchev–Trinajstić information content (AvgIpc) is 2.79. The lowest BCUT2D eigenvalue weighted by molar-refractivity contribution is -0.117. The van der Waals surface area contributed by atoms with Crippen LogP contribution < -0.4 is 13.8 Å². The molecule has 0 aromatic heterocycles. The van der Waals surface area contributed by atoms with E-state index in [1.165, 1.54) is 0 Å². The third-order valence-electron chi connectivity index (χ3n) is 3.44. The standard InChI is InChI=1S/C16H16N2O4S/c1-12-7-8-14(18-10-16(19)17-23(18,20)21)15(9-12)22-11-13-5-3-2-4-6-13/h2-9H,10-11H2,1H3,(H,17,19). The van der Waals surface area contributed by atoms with Crippen LogP contribution in [-0.4, -0.2) is 20.9 Å². The maximum absolute atomic E-state index is 12.0. The first kappa shape index (κ1) is 15.4. The Kier molecular flexibility index (Phi) is 3.96. The minimum Gasteiger partial charge on any atom is -0.487 e. The average molecular weight is 332 g/mol. The summed E-state index contributed by atoms with van der Waals surface area (Å²) in [6.45, 7) is 1.96. The van der Waals surface area contributed by atoms with Gasteiger partial charge in [0, 0.05) is 0 Å². The van der Waals surface area contributed by atoms with Crippen molar-refractivity contribution in [2.45, 2.75) is 13.5 Å². The summed E-state index contributed by atoms with van der Waals surface area (Å²) in [5.74, 6) is -0.131. The Balaban J connectivity index is 1.91. The van der Waals surface area contributed by atoms with E-state index in [9.17, 15) is 13.2 Å². The van der Waals surface area contributed by atoms with Crippen molar-refractivity contribution < 1.29 is 17.9 Å². The van der Waals surface area contributed by atoms with Gasteiger partial charge in [-0.15, -0.1) is 0 Å². The Morgan fingerprint density at radius 2 is 1.91 bits per heavy atom. The molecule has 1 saturated heterocycles. The molecule has 1 aliphatic heterocycles. The topological polar surface area (TPSA) is 75.7 Å². The van der Waals surface area contributed by atoms with Crippen molar-refractivity contribution in [1.29, 1.82) is 0 Å². The zero-order chi connectivity index (χ0) is 16.4. The lowest BCUT2D eigenvalue weighted by atomic mass is 10.2. The van der Waals surface area contributed by atoms with Crippen LogP contribution >= 0.6 is 0 Å². The molecule has 0 saturated carbocycles. The summed E-state index contributed by atoms with van der Waals surface area (Å²) in [4.78, 5) is 11.4. The summed E-state index contributed by atoms with van der Waals surface area (Å²) in [7, 11) is -3.85. The first-order valence-corrected chi connectivity index (χ1v) is 8.50. The first-order valence-electron chi connectivity index (χ1n) is 7.06. The van der Waals surface area contributed by atoms with Crippen LogP contribution in [0.15, 0.2) is 48.5 Å². The van der Waals surface area contributed by atoms with Crippen molar-refractivity contribution in [2.75, 3.05) is 10.8 Å². The van der Waals surface area contributed by atoms with Crippen molar-refractivity contribution in [3.8, 4) is 5.75 Å². The molecule has 0 aliphatic carbocycles. The lowest BCUT2D eigenvalue weighted by Crippen LogP contribution is -2.29. The van der Waals surface area contributed by atoms with Gasteiger partial charge < -0.3 is 4.74 Å². The summed E-state index contributed by atoms with van der Waals surface area (Å²) in [6, 6.07) is 14.8. The molecule has 1 fully saturated rings. The Morgan fingerprint density at radius 1 is 1.17 bits per heavy atom. The second kappa shape index (κ2) is 5.92. The predicted octanol–water partition coefficient (Wildman–Crippen LogP) is 1.76. The molecule has 0 unspecified atom stereocenters. The Hall–Kier alpha value is -2.54. The zero-order valence-electron chi connectivity index (χ0n) is 12.5. The molecule has 2 aromatic carbocycles. The largest absolute Gasteiger partial charge is 0.487 e. The number of nitrogens with one attached hydrogen (secondary N) is 1. The number of nitrogens with zero attached hydrogens (tertiary/aromatic N) is 1. The third-order valence-corrected chi connectivity index (χ3v) is 4.83. The molecule has 1 heterocycles. The number of amides is 1. The van der Waals surface area contributed by atoms with E-state index in [2.05, 4.69) is 0 Å². The number of carbonyl (C=O) groups is 1. The van der Waals surface area contributed by atoms with Crippen LogP contribution in [0, 0.1) is 6.92 Å². The second-order valence-electron chi connectivity index (χ2n) is 5.28. The molecule has 0 spiro atoms. The summed E-state index contributed by atoms with van der Waals surface area (Å²) in [5.41, 5.74) is 2.26. The fourth-order valence-electron chi connectivity index (χ4n) is 2.34. The highest BCUT2D eigenvalue weighted by molar-refractivity contribution is 7.92. The molecule has 23 heavy (non-hydrogen) atoms. The van der Waals surface area contributed by atoms with Gasteiger partial charge in [-0.2, -0.15) is 8.42 Å². The van der Waals surface area contributed by atoms with Gasteiger partial charge in [-0.05, 0) is 30.2 Å². The second-order valence-corrected chi connectivity index (χ2v) is 6.88. The van der Waals surface area contributed by atoms with Gasteiger partial charge in [0.1, 0.15) is 18.9 Å². The Bertz CT molecular complexity index is 834. The summed E-state index contributed by atoms with van der Waals surface area (Å²) >= 11 is 0. The minimum absolute atomic E-state index is 0.243. The minimum atomic E-state index is -3.85. The van der Waals surface area contributed by atoms with Gasteiger partial charge in [0.2, 0.25) is 0 Å². The number of aryl methyl sites for hydroxylation is 1. The summed E-state index contributed by atoms with van der Waals surface area (Å²) in [5, 5.41) is 0. The maximum atomic E-state index is 12.0. The van der Waals surface area contributed by atoms with Gasteiger partial charge in [-0.25, -0.2) is 9.03 Å². The molecule has 2 aromatic rings. The number of rotatable bonds is 4. The molecule has 1 amide bonds. The van der Waals surface area contributed by atoms with E-state index in [1.807, 2.05) is 42.0 Å². The monoisotopic (exact) mass is 332 g/mol. The number of anilines is 1. The predicted molar refractivity (Wildman–Crippen MR) is 86.4 cm³/mol. The Labute approximate surface area is 134 Å². The van der Waals surface area contributed by atoms with E-state index in [4.69, 9.17) is 4.74 Å². The van der Waals surface area contributed by atoms with Crippen LogP contribution in [0.5, 0.6) is 5.75 Å². The van der Waals surface area contributed by atoms with Gasteiger partial charge >= 0.3 is 10.2 Å². The van der Waals surface area contributed by atoms with Crippen molar-refractivity contribution in [1.82, 2.24) is 4.72 Å². The van der Waals surface area contributed by atoms with E-state index in [0.717, 1.165) is 15.4 Å². The highest BCUT2D eigenvalue weighted by atomic mass is 32.2. The number of carbonyl (C=O) groups excluding carboxylic acids is 1. The van der Waals surface area contributed by atoms with Crippen LogP contribution in [0.2, 0.25) is 0 Å². The van der Waals surface area contributed by atoms with E-state index >= 15 is 0 Å². The lowest BCUT2D eigenvalue weighted by Gasteiger charge is -2.19. The van der Waals surface area contributed by atoms with Crippen LogP contribution in [0.4, 0.5) is 5.69 Å². The highest BCUT2D eigenvalue weighted by Crippen LogP contribution is 2.32. The number of benzene rings is 2. The van der Waals surface area contributed by atoms with Crippen molar-refractivity contribution in [2.24, 2.45) is 0 Å². The van der Waals surface area contributed by atoms with Crippen molar-refractivity contribution >= 4 is 21.8 Å². The molecule has 0 atom stereocenters. The third kappa shape index (κ3) is 3.29. The Morgan fingerprint density at radius 3 is 2.57 bits per heavy atom. The summed E-state index contributed by atoms with van der Waals surface area (Å²) in [6.07, 6.45) is 0. The fourth-order valence-corrected chi connectivity index (χ4v) is 3.50. The number of ether oxygens (including phenoxy) is 1.